The van der Waals surface area contributed by atoms with Gasteiger partial charge in [-0.15, -0.1) is 0 Å². The Morgan fingerprint density at radius 2 is 1.75 bits per heavy atom. The predicted octanol–water partition coefficient (Wildman–Crippen LogP) is 4.29. The van der Waals surface area contributed by atoms with Crippen LogP contribution in [0.5, 0.6) is 5.75 Å². The van der Waals surface area contributed by atoms with Crippen LogP contribution < -0.4 is 10.1 Å². The van der Waals surface area contributed by atoms with Crippen LogP contribution >= 0.6 is 0 Å². The highest BCUT2D eigenvalue weighted by atomic mass is 16.5. The SMILES string of the molecule is CCOc1ccc(-n2c(C)cc(/C=C3\C(=O)NC(=O)N(C4CCCCC4)C3=O)c2C)cc1. The first-order valence-electron chi connectivity index (χ1n) is 11.2. The molecule has 0 unspecified atom stereocenters. The molecule has 0 bridgehead atoms. The Kier molecular flexibility index (Phi) is 6.17. The molecule has 7 nitrogen and oxygen atoms in total. The molecule has 1 aromatic heterocycles. The van der Waals surface area contributed by atoms with E-state index >= 15 is 0 Å². The number of nitrogens with one attached hydrogen (secondary N) is 1. The molecule has 2 aromatic rings. The Labute approximate surface area is 188 Å². The van der Waals surface area contributed by atoms with E-state index in [0.29, 0.717) is 6.61 Å². The summed E-state index contributed by atoms with van der Waals surface area (Å²) >= 11 is 0. The van der Waals surface area contributed by atoms with Crippen molar-refractivity contribution in [2.75, 3.05) is 6.61 Å². The second kappa shape index (κ2) is 9.02. The Morgan fingerprint density at radius 3 is 2.41 bits per heavy atom. The fraction of sp³-hybridized carbons (Fsp3) is 0.400. The number of hydrogen-bond acceptors (Lipinski definition) is 4. The van der Waals surface area contributed by atoms with Crippen LogP contribution in [0, 0.1) is 13.8 Å². The summed E-state index contributed by atoms with van der Waals surface area (Å²) in [7, 11) is 0. The quantitative estimate of drug-likeness (QED) is 0.561. The van der Waals surface area contributed by atoms with Crippen LogP contribution in [0.2, 0.25) is 0 Å². The Hall–Kier alpha value is -3.35. The number of aromatic nitrogens is 1. The van der Waals surface area contributed by atoms with Gasteiger partial charge in [0.25, 0.3) is 11.8 Å². The van der Waals surface area contributed by atoms with Crippen LogP contribution in [-0.4, -0.2) is 40.0 Å². The third-order valence-electron chi connectivity index (χ3n) is 6.25. The lowest BCUT2D eigenvalue weighted by Crippen LogP contribution is -2.58. The van der Waals surface area contributed by atoms with Crippen molar-refractivity contribution in [1.29, 1.82) is 0 Å². The normalized spacial score (nSPS) is 18.9. The van der Waals surface area contributed by atoms with Gasteiger partial charge in [0.15, 0.2) is 0 Å². The number of carbonyl (C=O) groups excluding carboxylic acids is 3. The molecule has 1 aromatic carbocycles. The maximum atomic E-state index is 13.2. The highest BCUT2D eigenvalue weighted by molar-refractivity contribution is 6.31. The predicted molar refractivity (Wildman–Crippen MR) is 122 cm³/mol. The summed E-state index contributed by atoms with van der Waals surface area (Å²) in [5.74, 6) is -0.340. The lowest BCUT2D eigenvalue weighted by Gasteiger charge is -2.35. The van der Waals surface area contributed by atoms with Crippen molar-refractivity contribution in [3.05, 3.63) is 52.9 Å². The molecule has 2 fully saturated rings. The number of ether oxygens (including phenoxy) is 1. The smallest absolute Gasteiger partial charge is 0.331 e. The van der Waals surface area contributed by atoms with E-state index in [2.05, 4.69) is 9.88 Å². The molecule has 2 aliphatic rings. The van der Waals surface area contributed by atoms with E-state index in [9.17, 15) is 14.4 Å². The number of carbonyl (C=O) groups is 3. The third kappa shape index (κ3) is 4.07. The molecule has 4 amide bonds. The molecule has 4 rings (SSSR count). The third-order valence-corrected chi connectivity index (χ3v) is 6.25. The van der Waals surface area contributed by atoms with Gasteiger partial charge in [0, 0.05) is 23.1 Å². The van der Waals surface area contributed by atoms with Crippen LogP contribution in [0.25, 0.3) is 11.8 Å². The van der Waals surface area contributed by atoms with Crippen LogP contribution in [-0.2, 0) is 9.59 Å². The van der Waals surface area contributed by atoms with Crippen molar-refractivity contribution in [3.63, 3.8) is 0 Å². The van der Waals surface area contributed by atoms with E-state index in [1.165, 1.54) is 4.90 Å². The zero-order valence-corrected chi connectivity index (χ0v) is 18.8. The molecule has 1 aliphatic carbocycles. The zero-order valence-electron chi connectivity index (χ0n) is 18.8. The van der Waals surface area contributed by atoms with E-state index in [-0.39, 0.29) is 11.6 Å². The molecule has 1 aliphatic heterocycles. The molecule has 1 saturated heterocycles. The maximum absolute atomic E-state index is 13.2. The number of benzene rings is 1. The fourth-order valence-electron chi connectivity index (χ4n) is 4.69. The molecule has 7 heteroatoms. The van der Waals surface area contributed by atoms with Crippen molar-refractivity contribution in [2.45, 2.75) is 58.9 Å². The minimum atomic E-state index is -0.641. The summed E-state index contributed by atoms with van der Waals surface area (Å²) in [6, 6.07) is 8.98. The number of barbiturate groups is 1. The van der Waals surface area contributed by atoms with Crippen LogP contribution in [0.1, 0.15) is 56.0 Å². The van der Waals surface area contributed by atoms with Gasteiger partial charge < -0.3 is 9.30 Å². The highest BCUT2D eigenvalue weighted by Crippen LogP contribution is 2.28. The Balaban J connectivity index is 1.66. The highest BCUT2D eigenvalue weighted by Gasteiger charge is 2.40. The van der Waals surface area contributed by atoms with Gasteiger partial charge in [-0.05, 0) is 75.6 Å². The molecule has 0 atom stereocenters. The van der Waals surface area contributed by atoms with Crippen molar-refractivity contribution in [3.8, 4) is 11.4 Å². The van der Waals surface area contributed by atoms with E-state index < -0.39 is 17.8 Å². The lowest BCUT2D eigenvalue weighted by atomic mass is 9.93. The van der Waals surface area contributed by atoms with Crippen LogP contribution in [0.3, 0.4) is 0 Å². The Bertz CT molecular complexity index is 1080. The first-order chi connectivity index (χ1) is 15.4. The number of imide groups is 2. The van der Waals surface area contributed by atoms with Crippen LogP contribution in [0.4, 0.5) is 4.79 Å². The molecular weight excluding hydrogens is 406 g/mol. The largest absolute Gasteiger partial charge is 0.494 e. The van der Waals surface area contributed by atoms with Gasteiger partial charge in [-0.2, -0.15) is 0 Å². The number of rotatable bonds is 5. The minimum Gasteiger partial charge on any atom is -0.494 e. The number of amides is 4. The summed E-state index contributed by atoms with van der Waals surface area (Å²) in [5.41, 5.74) is 3.62. The minimum absolute atomic E-state index is 0.00196. The van der Waals surface area contributed by atoms with E-state index in [0.717, 1.165) is 60.5 Å². The monoisotopic (exact) mass is 435 g/mol. The first-order valence-corrected chi connectivity index (χ1v) is 11.2. The molecule has 168 valence electrons. The van der Waals surface area contributed by atoms with Gasteiger partial charge in [-0.3, -0.25) is 19.8 Å². The average molecular weight is 436 g/mol. The van der Waals surface area contributed by atoms with Gasteiger partial charge in [0.05, 0.1) is 6.61 Å². The van der Waals surface area contributed by atoms with Crippen molar-refractivity contribution in [1.82, 2.24) is 14.8 Å². The van der Waals surface area contributed by atoms with Gasteiger partial charge >= 0.3 is 6.03 Å². The van der Waals surface area contributed by atoms with E-state index in [1.54, 1.807) is 6.08 Å². The van der Waals surface area contributed by atoms with Gasteiger partial charge in [-0.1, -0.05) is 19.3 Å². The second-order valence-electron chi connectivity index (χ2n) is 8.37. The summed E-state index contributed by atoms with van der Waals surface area (Å²) in [5, 5.41) is 2.36. The number of hydrogen-bond donors (Lipinski definition) is 1. The number of aryl methyl sites for hydroxylation is 1. The van der Waals surface area contributed by atoms with Gasteiger partial charge in [-0.25, -0.2) is 4.79 Å². The van der Waals surface area contributed by atoms with Crippen molar-refractivity contribution >= 4 is 23.9 Å². The fourth-order valence-corrected chi connectivity index (χ4v) is 4.69. The molecule has 1 N–H and O–H groups in total. The second-order valence-corrected chi connectivity index (χ2v) is 8.37. The standard InChI is InChI=1S/C25H29N3O4/c1-4-32-21-12-10-20(11-13-21)27-16(2)14-18(17(27)3)15-22-23(29)26-25(31)28(24(22)30)19-8-6-5-7-9-19/h10-15,19H,4-9H2,1-3H3,(H,26,29,31)/b22-15+. The van der Waals surface area contributed by atoms with Crippen molar-refractivity contribution in [2.24, 2.45) is 0 Å². The summed E-state index contributed by atoms with van der Waals surface area (Å²) in [6.45, 7) is 6.48. The van der Waals surface area contributed by atoms with E-state index in [4.69, 9.17) is 4.74 Å². The average Bonchev–Trinajstić information content (AvgIpc) is 3.05. The van der Waals surface area contributed by atoms with Crippen LogP contribution in [0.15, 0.2) is 35.9 Å². The maximum Gasteiger partial charge on any atom is 0.331 e. The molecule has 0 radical (unpaired) electrons. The molecule has 2 heterocycles. The lowest BCUT2D eigenvalue weighted by molar-refractivity contribution is -0.132. The summed E-state index contributed by atoms with van der Waals surface area (Å²) in [6.07, 6.45) is 6.25. The van der Waals surface area contributed by atoms with Gasteiger partial charge in [0.1, 0.15) is 11.3 Å². The summed E-state index contributed by atoms with van der Waals surface area (Å²) < 4.78 is 7.59. The molecule has 0 spiro atoms. The van der Waals surface area contributed by atoms with Crippen molar-refractivity contribution < 1.29 is 19.1 Å². The zero-order chi connectivity index (χ0) is 22.8. The summed E-state index contributed by atoms with van der Waals surface area (Å²) in [4.78, 5) is 39.4. The topological polar surface area (TPSA) is 80.6 Å². The van der Waals surface area contributed by atoms with E-state index in [1.807, 2.05) is 51.1 Å². The first kappa shape index (κ1) is 21.9. The molecule has 32 heavy (non-hydrogen) atoms. The number of nitrogens with zero attached hydrogens (tertiary/aromatic N) is 2. The Morgan fingerprint density at radius 1 is 1.06 bits per heavy atom. The molecule has 1 saturated carbocycles. The number of urea groups is 1. The molecular formula is C25H29N3O4. The van der Waals surface area contributed by atoms with Gasteiger partial charge in [0.2, 0.25) is 0 Å².